The molecule has 0 saturated heterocycles. The maximum Gasteiger partial charge on any atom is 0.434 e. The Bertz CT molecular complexity index is 865. The fraction of sp³-hybridized carbons (Fsp3) is 0.286. The normalized spacial score (nSPS) is 10.9. The van der Waals surface area contributed by atoms with Crippen LogP contribution in [0.1, 0.15) is 36.5 Å². The van der Waals surface area contributed by atoms with Crippen LogP contribution in [0, 0.1) is 13.8 Å². The van der Waals surface area contributed by atoms with Gasteiger partial charge in [-0.2, -0.15) is 13.2 Å². The molecule has 3 nitrogen and oxygen atoms in total. The maximum atomic E-state index is 12.8. The zero-order valence-corrected chi connectivity index (χ0v) is 15.9. The van der Waals surface area contributed by atoms with Crippen molar-refractivity contribution >= 4 is 5.69 Å². The van der Waals surface area contributed by atoms with E-state index in [0.29, 0.717) is 18.1 Å². The molecule has 0 aliphatic carbocycles. The number of aromatic nitrogens is 2. The first-order valence-electron chi connectivity index (χ1n) is 8.86. The van der Waals surface area contributed by atoms with E-state index in [2.05, 4.69) is 29.4 Å². The molecule has 27 heavy (non-hydrogen) atoms. The van der Waals surface area contributed by atoms with Gasteiger partial charge < -0.3 is 9.88 Å². The Balaban J connectivity index is 0.00000126. The Labute approximate surface area is 157 Å². The Morgan fingerprint density at radius 3 is 2.15 bits per heavy atom. The van der Waals surface area contributed by atoms with Crippen molar-refractivity contribution in [2.75, 3.05) is 5.32 Å². The number of nitrogens with zero attached hydrogens (tertiary/aromatic N) is 2. The third kappa shape index (κ3) is 5.12. The third-order valence-corrected chi connectivity index (χ3v) is 4.06. The molecule has 1 heterocycles. The molecule has 3 rings (SSSR count). The SMILES string of the molecule is CC.Cc1ccccc1CNc1ccc(-n2cc(C(F)(F)F)nc2C)cc1. The number of halogens is 3. The number of hydrogen-bond donors (Lipinski definition) is 1. The van der Waals surface area contributed by atoms with Crippen LogP contribution in [0.3, 0.4) is 0 Å². The van der Waals surface area contributed by atoms with Crippen LogP contribution in [0.15, 0.2) is 54.7 Å². The lowest BCUT2D eigenvalue weighted by molar-refractivity contribution is -0.141. The average molecular weight is 375 g/mol. The van der Waals surface area contributed by atoms with Crippen molar-refractivity contribution in [1.29, 1.82) is 0 Å². The second-order valence-corrected chi connectivity index (χ2v) is 5.87. The fourth-order valence-corrected chi connectivity index (χ4v) is 2.62. The van der Waals surface area contributed by atoms with Crippen molar-refractivity contribution < 1.29 is 13.2 Å². The second-order valence-electron chi connectivity index (χ2n) is 5.87. The average Bonchev–Trinajstić information content (AvgIpc) is 3.05. The van der Waals surface area contributed by atoms with Gasteiger partial charge in [0.2, 0.25) is 0 Å². The standard InChI is InChI=1S/C19H18F3N3.C2H6/c1-13-5-3-4-6-15(13)11-23-16-7-9-17(10-8-16)25-12-18(19(20,21)22)24-14(25)2;1-2/h3-10,12,23H,11H2,1-2H3;1-2H3. The minimum Gasteiger partial charge on any atom is -0.381 e. The summed E-state index contributed by atoms with van der Waals surface area (Å²) in [6, 6.07) is 15.3. The Kier molecular flexibility index (Phi) is 6.66. The monoisotopic (exact) mass is 375 g/mol. The van der Waals surface area contributed by atoms with E-state index >= 15 is 0 Å². The molecule has 0 amide bonds. The fourth-order valence-electron chi connectivity index (χ4n) is 2.62. The van der Waals surface area contributed by atoms with Crippen LogP contribution < -0.4 is 5.32 Å². The number of anilines is 1. The lowest BCUT2D eigenvalue weighted by Gasteiger charge is -2.10. The van der Waals surface area contributed by atoms with Gasteiger partial charge in [-0.3, -0.25) is 0 Å². The number of aryl methyl sites for hydroxylation is 2. The van der Waals surface area contributed by atoms with Gasteiger partial charge in [0.25, 0.3) is 0 Å². The van der Waals surface area contributed by atoms with E-state index < -0.39 is 11.9 Å². The van der Waals surface area contributed by atoms with Crippen LogP contribution in [-0.2, 0) is 12.7 Å². The van der Waals surface area contributed by atoms with Gasteiger partial charge in [0.1, 0.15) is 5.82 Å². The molecule has 144 valence electrons. The molecule has 0 atom stereocenters. The maximum absolute atomic E-state index is 12.8. The molecule has 3 aromatic rings. The van der Waals surface area contributed by atoms with Crippen LogP contribution in [-0.4, -0.2) is 9.55 Å². The molecule has 0 radical (unpaired) electrons. The van der Waals surface area contributed by atoms with Gasteiger partial charge in [0, 0.05) is 24.1 Å². The number of imidazole rings is 1. The minimum absolute atomic E-state index is 0.299. The molecule has 1 aromatic heterocycles. The Hall–Kier alpha value is -2.76. The molecule has 0 saturated carbocycles. The van der Waals surface area contributed by atoms with E-state index in [-0.39, 0.29) is 0 Å². The van der Waals surface area contributed by atoms with Crippen molar-refractivity contribution in [2.24, 2.45) is 0 Å². The van der Waals surface area contributed by atoms with Crippen molar-refractivity contribution in [3.05, 3.63) is 77.4 Å². The summed E-state index contributed by atoms with van der Waals surface area (Å²) in [6.45, 7) is 8.30. The lowest BCUT2D eigenvalue weighted by atomic mass is 10.1. The number of nitrogens with one attached hydrogen (secondary N) is 1. The van der Waals surface area contributed by atoms with Crippen LogP contribution in [0.2, 0.25) is 0 Å². The summed E-state index contributed by atoms with van der Waals surface area (Å²) in [5.74, 6) is 0.299. The van der Waals surface area contributed by atoms with Crippen molar-refractivity contribution in [2.45, 2.75) is 40.4 Å². The largest absolute Gasteiger partial charge is 0.434 e. The summed E-state index contributed by atoms with van der Waals surface area (Å²) < 4.78 is 39.7. The Morgan fingerprint density at radius 2 is 1.59 bits per heavy atom. The first kappa shape index (κ1) is 20.6. The number of rotatable bonds is 4. The zero-order chi connectivity index (χ0) is 20.0. The van der Waals surface area contributed by atoms with Gasteiger partial charge in [-0.25, -0.2) is 4.98 Å². The molecule has 6 heteroatoms. The minimum atomic E-state index is -4.44. The predicted octanol–water partition coefficient (Wildman–Crippen LogP) is 6.15. The Morgan fingerprint density at radius 1 is 0.963 bits per heavy atom. The van der Waals surface area contributed by atoms with Crippen molar-refractivity contribution in [3.63, 3.8) is 0 Å². The lowest BCUT2D eigenvalue weighted by Crippen LogP contribution is -2.05. The summed E-state index contributed by atoms with van der Waals surface area (Å²) in [5, 5.41) is 3.32. The zero-order valence-electron chi connectivity index (χ0n) is 15.9. The smallest absolute Gasteiger partial charge is 0.381 e. The predicted molar refractivity (Wildman–Crippen MR) is 103 cm³/mol. The first-order valence-corrected chi connectivity index (χ1v) is 8.86. The van der Waals surface area contributed by atoms with Gasteiger partial charge in [0.05, 0.1) is 0 Å². The molecule has 0 spiro atoms. The van der Waals surface area contributed by atoms with Gasteiger partial charge in [-0.05, 0) is 49.2 Å². The third-order valence-electron chi connectivity index (χ3n) is 4.06. The van der Waals surface area contributed by atoms with Gasteiger partial charge in [-0.15, -0.1) is 0 Å². The number of hydrogen-bond acceptors (Lipinski definition) is 2. The molecule has 0 aliphatic heterocycles. The number of alkyl halides is 3. The van der Waals surface area contributed by atoms with E-state index in [4.69, 9.17) is 0 Å². The molecule has 2 aromatic carbocycles. The first-order chi connectivity index (χ1) is 12.8. The quantitative estimate of drug-likeness (QED) is 0.593. The highest BCUT2D eigenvalue weighted by molar-refractivity contribution is 5.50. The van der Waals surface area contributed by atoms with Gasteiger partial charge in [-0.1, -0.05) is 38.1 Å². The summed E-state index contributed by atoms with van der Waals surface area (Å²) in [4.78, 5) is 3.59. The molecular weight excluding hydrogens is 351 g/mol. The molecular formula is C21H24F3N3. The van der Waals surface area contributed by atoms with E-state index in [1.165, 1.54) is 15.7 Å². The van der Waals surface area contributed by atoms with Crippen molar-refractivity contribution in [3.8, 4) is 5.69 Å². The number of benzene rings is 2. The molecule has 0 bridgehead atoms. The van der Waals surface area contributed by atoms with Crippen LogP contribution in [0.4, 0.5) is 18.9 Å². The summed E-state index contributed by atoms with van der Waals surface area (Å²) in [7, 11) is 0. The highest BCUT2D eigenvalue weighted by atomic mass is 19.4. The highest BCUT2D eigenvalue weighted by Crippen LogP contribution is 2.29. The van der Waals surface area contributed by atoms with E-state index in [1.54, 1.807) is 19.1 Å². The van der Waals surface area contributed by atoms with E-state index in [1.807, 2.05) is 38.1 Å². The van der Waals surface area contributed by atoms with E-state index in [0.717, 1.165) is 11.9 Å². The van der Waals surface area contributed by atoms with Crippen LogP contribution in [0.25, 0.3) is 5.69 Å². The van der Waals surface area contributed by atoms with Crippen molar-refractivity contribution in [1.82, 2.24) is 9.55 Å². The summed E-state index contributed by atoms with van der Waals surface area (Å²) in [6.07, 6.45) is -3.42. The summed E-state index contributed by atoms with van der Waals surface area (Å²) >= 11 is 0. The van der Waals surface area contributed by atoms with Gasteiger partial charge in [0.15, 0.2) is 5.69 Å². The highest BCUT2D eigenvalue weighted by Gasteiger charge is 2.34. The molecule has 0 unspecified atom stereocenters. The van der Waals surface area contributed by atoms with Crippen LogP contribution in [0.5, 0.6) is 0 Å². The molecule has 0 fully saturated rings. The molecule has 1 N–H and O–H groups in total. The topological polar surface area (TPSA) is 29.9 Å². The second kappa shape index (κ2) is 8.75. The summed E-state index contributed by atoms with van der Waals surface area (Å²) in [5.41, 5.74) is 3.07. The van der Waals surface area contributed by atoms with Gasteiger partial charge >= 0.3 is 6.18 Å². The van der Waals surface area contributed by atoms with E-state index in [9.17, 15) is 13.2 Å². The van der Waals surface area contributed by atoms with Crippen LogP contribution >= 0.6 is 0 Å². The molecule has 0 aliphatic rings.